The highest BCUT2D eigenvalue weighted by molar-refractivity contribution is 6.29. The number of aryl methyl sites for hydroxylation is 1. The van der Waals surface area contributed by atoms with Crippen molar-refractivity contribution in [1.82, 2.24) is 14.6 Å². The molecule has 78 valence electrons. The summed E-state index contributed by atoms with van der Waals surface area (Å²) in [5.41, 5.74) is 1.47. The van der Waals surface area contributed by atoms with Gasteiger partial charge in [-0.1, -0.05) is 11.6 Å². The first-order valence-electron chi connectivity index (χ1n) is 4.23. The molecule has 0 aromatic carbocycles. The molecule has 0 atom stereocenters. The Kier molecular flexibility index (Phi) is 2.32. The maximum Gasteiger partial charge on any atom is 0.358 e. The Hall–Kier alpha value is -1.62. The Morgan fingerprint density at radius 3 is 3.00 bits per heavy atom. The summed E-state index contributed by atoms with van der Waals surface area (Å²) in [4.78, 5) is 15.4. The van der Waals surface area contributed by atoms with Crippen molar-refractivity contribution in [3.63, 3.8) is 0 Å². The van der Waals surface area contributed by atoms with Crippen molar-refractivity contribution in [2.45, 2.75) is 6.92 Å². The van der Waals surface area contributed by atoms with Crippen molar-refractivity contribution in [2.24, 2.45) is 0 Å². The molecule has 0 radical (unpaired) electrons. The van der Waals surface area contributed by atoms with Crippen LogP contribution in [0.2, 0.25) is 5.15 Å². The number of ether oxygens (including phenoxy) is 1. The van der Waals surface area contributed by atoms with Crippen LogP contribution in [0.5, 0.6) is 0 Å². The van der Waals surface area contributed by atoms with E-state index in [-0.39, 0.29) is 5.69 Å². The number of rotatable bonds is 1. The van der Waals surface area contributed by atoms with Crippen LogP contribution < -0.4 is 0 Å². The van der Waals surface area contributed by atoms with Gasteiger partial charge in [0.25, 0.3) is 0 Å². The maximum absolute atomic E-state index is 11.3. The van der Waals surface area contributed by atoms with Crippen molar-refractivity contribution in [3.8, 4) is 0 Å². The molecule has 0 aliphatic heterocycles. The Morgan fingerprint density at radius 2 is 2.33 bits per heavy atom. The van der Waals surface area contributed by atoms with Crippen molar-refractivity contribution in [3.05, 3.63) is 28.7 Å². The van der Waals surface area contributed by atoms with Crippen LogP contribution in [-0.2, 0) is 4.74 Å². The first-order chi connectivity index (χ1) is 7.13. The zero-order valence-electron chi connectivity index (χ0n) is 8.19. The van der Waals surface area contributed by atoms with Gasteiger partial charge in [-0.15, -0.1) is 0 Å². The van der Waals surface area contributed by atoms with Gasteiger partial charge in [0, 0.05) is 11.8 Å². The Labute approximate surface area is 90.6 Å². The molecule has 0 fully saturated rings. The number of methoxy groups -OCH3 is 1. The molecule has 2 rings (SSSR count). The molecule has 0 amide bonds. The van der Waals surface area contributed by atoms with Gasteiger partial charge in [0.05, 0.1) is 7.11 Å². The Bertz CT molecular complexity index is 535. The van der Waals surface area contributed by atoms with Crippen LogP contribution in [0.1, 0.15) is 16.1 Å². The van der Waals surface area contributed by atoms with Gasteiger partial charge in [-0.2, -0.15) is 5.10 Å². The molecule has 2 heterocycles. The average molecular weight is 226 g/mol. The summed E-state index contributed by atoms with van der Waals surface area (Å²) in [7, 11) is 1.31. The topological polar surface area (TPSA) is 56.5 Å². The van der Waals surface area contributed by atoms with E-state index in [9.17, 15) is 4.79 Å². The monoisotopic (exact) mass is 225 g/mol. The van der Waals surface area contributed by atoms with E-state index < -0.39 is 5.97 Å². The summed E-state index contributed by atoms with van der Waals surface area (Å²) in [6.07, 6.45) is 1.64. The van der Waals surface area contributed by atoms with Crippen molar-refractivity contribution in [1.29, 1.82) is 0 Å². The predicted molar refractivity (Wildman–Crippen MR) is 54.1 cm³/mol. The average Bonchev–Trinajstić information content (AvgIpc) is 2.55. The Balaban J connectivity index is 2.69. The van der Waals surface area contributed by atoms with Crippen LogP contribution in [0.3, 0.4) is 0 Å². The lowest BCUT2D eigenvalue weighted by molar-refractivity contribution is 0.0593. The second-order valence-corrected chi connectivity index (χ2v) is 3.37. The minimum atomic E-state index is -0.478. The lowest BCUT2D eigenvalue weighted by atomic mass is 10.3. The first-order valence-corrected chi connectivity index (χ1v) is 4.61. The van der Waals surface area contributed by atoms with Crippen molar-refractivity contribution < 1.29 is 9.53 Å². The van der Waals surface area contributed by atoms with Gasteiger partial charge >= 0.3 is 5.97 Å². The number of halogens is 1. The highest BCUT2D eigenvalue weighted by Gasteiger charge is 2.17. The van der Waals surface area contributed by atoms with Gasteiger partial charge in [0.15, 0.2) is 11.3 Å². The molecule has 0 saturated heterocycles. The predicted octanol–water partition coefficient (Wildman–Crippen LogP) is 1.48. The first kappa shape index (κ1) is 9.92. The van der Waals surface area contributed by atoms with E-state index >= 15 is 0 Å². The molecule has 2 aromatic heterocycles. The van der Waals surface area contributed by atoms with E-state index in [1.54, 1.807) is 19.2 Å². The lowest BCUT2D eigenvalue weighted by Gasteiger charge is -1.93. The van der Waals surface area contributed by atoms with Gasteiger partial charge in [-0.3, -0.25) is 0 Å². The third-order valence-corrected chi connectivity index (χ3v) is 2.27. The van der Waals surface area contributed by atoms with E-state index in [2.05, 4.69) is 14.8 Å². The summed E-state index contributed by atoms with van der Waals surface area (Å²) in [5.74, 6) is -0.478. The molecule has 0 unspecified atom stereocenters. The number of nitrogens with zero attached hydrogens (tertiary/aromatic N) is 3. The number of esters is 1. The quantitative estimate of drug-likeness (QED) is 0.545. The highest BCUT2D eigenvalue weighted by atomic mass is 35.5. The molecule has 0 bridgehead atoms. The number of aromatic nitrogens is 3. The molecule has 0 saturated carbocycles. The zero-order chi connectivity index (χ0) is 11.0. The maximum atomic E-state index is 11.3. The third-order valence-electron chi connectivity index (χ3n) is 2.06. The van der Waals surface area contributed by atoms with Crippen LogP contribution >= 0.6 is 11.6 Å². The molecule has 2 aromatic rings. The smallest absolute Gasteiger partial charge is 0.358 e. The minimum Gasteiger partial charge on any atom is -0.464 e. The fourth-order valence-corrected chi connectivity index (χ4v) is 1.44. The van der Waals surface area contributed by atoms with Gasteiger partial charge in [0.1, 0.15) is 5.15 Å². The fourth-order valence-electron chi connectivity index (χ4n) is 1.31. The summed E-state index contributed by atoms with van der Waals surface area (Å²) in [5, 5.41) is 4.41. The van der Waals surface area contributed by atoms with Crippen LogP contribution in [0, 0.1) is 6.92 Å². The van der Waals surface area contributed by atoms with Gasteiger partial charge in [0.2, 0.25) is 0 Å². The summed E-state index contributed by atoms with van der Waals surface area (Å²) >= 11 is 5.74. The number of hydrogen-bond donors (Lipinski definition) is 0. The molecule has 0 aliphatic rings. The van der Waals surface area contributed by atoms with E-state index in [0.717, 1.165) is 0 Å². The molecule has 0 N–H and O–H groups in total. The molecule has 15 heavy (non-hydrogen) atoms. The van der Waals surface area contributed by atoms with Crippen molar-refractivity contribution in [2.75, 3.05) is 7.11 Å². The SMILES string of the molecule is COC(=O)c1nn2ccc(Cl)nc2c1C. The van der Waals surface area contributed by atoms with E-state index in [1.807, 2.05) is 0 Å². The fraction of sp³-hybridized carbons (Fsp3) is 0.222. The highest BCUT2D eigenvalue weighted by Crippen LogP contribution is 2.15. The minimum absolute atomic E-state index is 0.257. The summed E-state index contributed by atoms with van der Waals surface area (Å²) in [6.45, 7) is 1.75. The molecule has 0 spiro atoms. The third kappa shape index (κ3) is 1.55. The van der Waals surface area contributed by atoms with E-state index in [4.69, 9.17) is 11.6 Å². The second-order valence-electron chi connectivity index (χ2n) is 2.98. The number of carbonyl (C=O) groups is 1. The largest absolute Gasteiger partial charge is 0.464 e. The molecular weight excluding hydrogens is 218 g/mol. The summed E-state index contributed by atoms with van der Waals surface area (Å²) in [6, 6.07) is 1.60. The van der Waals surface area contributed by atoms with Crippen LogP contribution in [-0.4, -0.2) is 27.7 Å². The molecule has 5 nitrogen and oxygen atoms in total. The van der Waals surface area contributed by atoms with Gasteiger partial charge in [-0.05, 0) is 13.0 Å². The van der Waals surface area contributed by atoms with Gasteiger partial charge in [-0.25, -0.2) is 14.3 Å². The van der Waals surface area contributed by atoms with E-state index in [0.29, 0.717) is 16.4 Å². The van der Waals surface area contributed by atoms with Crippen LogP contribution in [0.15, 0.2) is 12.3 Å². The number of hydrogen-bond acceptors (Lipinski definition) is 4. The van der Waals surface area contributed by atoms with E-state index in [1.165, 1.54) is 11.6 Å². The summed E-state index contributed by atoms with van der Waals surface area (Å²) < 4.78 is 6.09. The zero-order valence-corrected chi connectivity index (χ0v) is 8.95. The van der Waals surface area contributed by atoms with Gasteiger partial charge < -0.3 is 4.74 Å². The number of carbonyl (C=O) groups excluding carboxylic acids is 1. The van der Waals surface area contributed by atoms with Crippen LogP contribution in [0.4, 0.5) is 0 Å². The van der Waals surface area contributed by atoms with Crippen molar-refractivity contribution >= 4 is 23.2 Å². The molecule has 6 heteroatoms. The second kappa shape index (κ2) is 3.51. The normalized spacial score (nSPS) is 10.6. The lowest BCUT2D eigenvalue weighted by Crippen LogP contribution is -2.03. The number of fused-ring (bicyclic) bond motifs is 1. The Morgan fingerprint density at radius 1 is 1.60 bits per heavy atom. The molecular formula is C9H8ClN3O2. The molecule has 0 aliphatic carbocycles. The standard InChI is InChI=1S/C9H8ClN3O2/c1-5-7(9(14)15-2)12-13-4-3-6(10)11-8(5)13/h3-4H,1-2H3. The van der Waals surface area contributed by atoms with Crippen LogP contribution in [0.25, 0.3) is 5.65 Å².